The maximum absolute atomic E-state index is 12.9. The van der Waals surface area contributed by atoms with Crippen molar-refractivity contribution in [2.45, 2.75) is 51.5 Å². The standard InChI is InChI=1S/C24H35ClN4O3/c1-2-18(30)15-29-8-3-16(4-9-29)14-28-10-5-17(6-11-28)27-24(31)20-13-21(25)22(26)19-7-12-32-23(19)20/h13,16-17H,2-12,14-15,26H2,1H3,(H,27,31). The number of halogens is 1. The second kappa shape index (κ2) is 10.4. The maximum atomic E-state index is 12.9. The number of amides is 1. The average molecular weight is 463 g/mol. The average Bonchev–Trinajstić information content (AvgIpc) is 3.29. The van der Waals surface area contributed by atoms with Gasteiger partial charge >= 0.3 is 0 Å². The Morgan fingerprint density at radius 2 is 1.84 bits per heavy atom. The number of fused-ring (bicyclic) bond motifs is 1. The predicted molar refractivity (Wildman–Crippen MR) is 126 cm³/mol. The second-order valence-corrected chi connectivity index (χ2v) is 9.79. The summed E-state index contributed by atoms with van der Waals surface area (Å²) >= 11 is 6.25. The molecule has 8 heteroatoms. The van der Waals surface area contributed by atoms with Gasteiger partial charge in [-0.2, -0.15) is 0 Å². The molecule has 3 heterocycles. The van der Waals surface area contributed by atoms with E-state index in [9.17, 15) is 9.59 Å². The molecule has 0 radical (unpaired) electrons. The number of Topliss-reactive ketones (excluding diaryl/α,β-unsaturated/α-hetero) is 1. The van der Waals surface area contributed by atoms with Crippen LogP contribution in [0, 0.1) is 5.92 Å². The summed E-state index contributed by atoms with van der Waals surface area (Å²) in [6.45, 7) is 8.25. The van der Waals surface area contributed by atoms with Gasteiger partial charge < -0.3 is 20.7 Å². The highest BCUT2D eigenvalue weighted by atomic mass is 35.5. The Morgan fingerprint density at radius 3 is 2.53 bits per heavy atom. The fraction of sp³-hybridized carbons (Fsp3) is 0.667. The molecule has 0 atom stereocenters. The van der Waals surface area contributed by atoms with E-state index in [2.05, 4.69) is 15.1 Å². The summed E-state index contributed by atoms with van der Waals surface area (Å²) in [6.07, 6.45) is 5.54. The predicted octanol–water partition coefficient (Wildman–Crippen LogP) is 2.74. The number of benzene rings is 1. The summed E-state index contributed by atoms with van der Waals surface area (Å²) in [6, 6.07) is 1.79. The number of hydrogen-bond acceptors (Lipinski definition) is 6. The summed E-state index contributed by atoms with van der Waals surface area (Å²) in [5, 5.41) is 3.60. The Bertz CT molecular complexity index is 846. The summed E-state index contributed by atoms with van der Waals surface area (Å²) < 4.78 is 5.68. The lowest BCUT2D eigenvalue weighted by Crippen LogP contribution is -2.47. The van der Waals surface area contributed by atoms with E-state index in [4.69, 9.17) is 22.1 Å². The minimum absolute atomic E-state index is 0.127. The number of nitrogen functional groups attached to an aromatic ring is 1. The van der Waals surface area contributed by atoms with Gasteiger partial charge in [-0.05, 0) is 50.8 Å². The highest BCUT2D eigenvalue weighted by Crippen LogP contribution is 2.38. The fourth-order valence-electron chi connectivity index (χ4n) is 5.11. The van der Waals surface area contributed by atoms with Crippen molar-refractivity contribution in [3.05, 3.63) is 22.2 Å². The number of nitrogens with two attached hydrogens (primary N) is 1. The Balaban J connectivity index is 1.22. The Kier molecular flexibility index (Phi) is 7.59. The Labute approximate surface area is 195 Å². The first kappa shape index (κ1) is 23.3. The minimum Gasteiger partial charge on any atom is -0.492 e. The number of rotatable bonds is 7. The van der Waals surface area contributed by atoms with Gasteiger partial charge in [0.15, 0.2) is 0 Å². The van der Waals surface area contributed by atoms with Crippen molar-refractivity contribution in [3.8, 4) is 5.75 Å². The highest BCUT2D eigenvalue weighted by Gasteiger charge is 2.29. The molecule has 0 aliphatic carbocycles. The number of nitrogens with zero attached hydrogens (tertiary/aromatic N) is 2. The lowest BCUT2D eigenvalue weighted by Gasteiger charge is -2.37. The van der Waals surface area contributed by atoms with Gasteiger partial charge in [-0.1, -0.05) is 18.5 Å². The Hall–Kier alpha value is -1.83. The zero-order valence-electron chi connectivity index (χ0n) is 19.0. The molecule has 7 nitrogen and oxygen atoms in total. The third kappa shape index (κ3) is 5.38. The second-order valence-electron chi connectivity index (χ2n) is 9.39. The highest BCUT2D eigenvalue weighted by molar-refractivity contribution is 6.33. The van der Waals surface area contributed by atoms with Gasteiger partial charge in [-0.15, -0.1) is 0 Å². The summed E-state index contributed by atoms with van der Waals surface area (Å²) in [5.74, 6) is 1.50. The van der Waals surface area contributed by atoms with Crippen LogP contribution >= 0.6 is 11.6 Å². The number of nitrogens with one attached hydrogen (secondary N) is 1. The van der Waals surface area contributed by atoms with Gasteiger partial charge in [0.25, 0.3) is 5.91 Å². The van der Waals surface area contributed by atoms with Crippen LogP contribution in [0.15, 0.2) is 6.07 Å². The van der Waals surface area contributed by atoms with Crippen LogP contribution < -0.4 is 15.8 Å². The van der Waals surface area contributed by atoms with Crippen molar-refractivity contribution in [1.82, 2.24) is 15.1 Å². The molecule has 0 aromatic heterocycles. The van der Waals surface area contributed by atoms with Crippen LogP contribution in [0.2, 0.25) is 5.02 Å². The molecule has 4 rings (SSSR count). The van der Waals surface area contributed by atoms with Gasteiger partial charge in [-0.25, -0.2) is 0 Å². The van der Waals surface area contributed by atoms with Crippen molar-refractivity contribution in [3.63, 3.8) is 0 Å². The first-order chi connectivity index (χ1) is 15.4. The number of piperidine rings is 2. The zero-order chi connectivity index (χ0) is 22.7. The molecule has 1 amide bonds. The van der Waals surface area contributed by atoms with Crippen LogP contribution in [0.5, 0.6) is 5.75 Å². The van der Waals surface area contributed by atoms with Crippen LogP contribution in [0.1, 0.15) is 54.9 Å². The number of likely N-dealkylation sites (tertiary alicyclic amines) is 2. The molecule has 3 N–H and O–H groups in total. The topological polar surface area (TPSA) is 87.9 Å². The van der Waals surface area contributed by atoms with Crippen molar-refractivity contribution >= 4 is 29.0 Å². The molecule has 176 valence electrons. The number of ether oxygens (including phenoxy) is 1. The van der Waals surface area contributed by atoms with Gasteiger partial charge in [0.05, 0.1) is 29.4 Å². The molecular formula is C24H35ClN4O3. The third-order valence-electron chi connectivity index (χ3n) is 7.16. The molecule has 2 fully saturated rings. The quantitative estimate of drug-likeness (QED) is 0.606. The van der Waals surface area contributed by atoms with E-state index in [1.807, 2.05) is 6.92 Å². The Morgan fingerprint density at radius 1 is 1.16 bits per heavy atom. The number of anilines is 1. The van der Waals surface area contributed by atoms with E-state index in [0.29, 0.717) is 59.7 Å². The fourth-order valence-corrected chi connectivity index (χ4v) is 5.34. The summed E-state index contributed by atoms with van der Waals surface area (Å²) in [5.41, 5.74) is 7.91. The lowest BCUT2D eigenvalue weighted by atomic mass is 9.94. The zero-order valence-corrected chi connectivity index (χ0v) is 19.8. The van der Waals surface area contributed by atoms with Crippen molar-refractivity contribution in [2.24, 2.45) is 5.92 Å². The van der Waals surface area contributed by atoms with Crippen LogP contribution in [0.25, 0.3) is 0 Å². The van der Waals surface area contributed by atoms with E-state index in [1.165, 1.54) is 0 Å². The van der Waals surface area contributed by atoms with Crippen LogP contribution in [-0.4, -0.2) is 73.4 Å². The third-order valence-corrected chi connectivity index (χ3v) is 7.47. The number of ketones is 1. The molecule has 1 aromatic rings. The van der Waals surface area contributed by atoms with Crippen molar-refractivity contribution in [2.75, 3.05) is 51.6 Å². The molecule has 0 spiro atoms. The molecule has 3 aliphatic rings. The smallest absolute Gasteiger partial charge is 0.255 e. The number of carbonyl (C=O) groups excluding carboxylic acids is 2. The molecule has 0 unspecified atom stereocenters. The summed E-state index contributed by atoms with van der Waals surface area (Å²) in [7, 11) is 0. The molecule has 3 aliphatic heterocycles. The van der Waals surface area contributed by atoms with Gasteiger partial charge in [0, 0.05) is 44.1 Å². The van der Waals surface area contributed by atoms with E-state index in [0.717, 1.165) is 64.0 Å². The summed E-state index contributed by atoms with van der Waals surface area (Å²) in [4.78, 5) is 29.4. The normalized spacial score (nSPS) is 20.7. The van der Waals surface area contributed by atoms with Gasteiger partial charge in [0.2, 0.25) is 0 Å². The largest absolute Gasteiger partial charge is 0.492 e. The van der Waals surface area contributed by atoms with Gasteiger partial charge in [0.1, 0.15) is 11.5 Å². The first-order valence-corrected chi connectivity index (χ1v) is 12.3. The molecule has 32 heavy (non-hydrogen) atoms. The minimum atomic E-state index is -0.127. The number of carbonyl (C=O) groups is 2. The van der Waals surface area contributed by atoms with E-state index in [-0.39, 0.29) is 11.9 Å². The molecule has 2 saturated heterocycles. The molecule has 1 aromatic carbocycles. The van der Waals surface area contributed by atoms with Crippen molar-refractivity contribution < 1.29 is 14.3 Å². The van der Waals surface area contributed by atoms with E-state index in [1.54, 1.807) is 6.07 Å². The van der Waals surface area contributed by atoms with Crippen LogP contribution in [0.3, 0.4) is 0 Å². The van der Waals surface area contributed by atoms with Crippen LogP contribution in [-0.2, 0) is 11.2 Å². The molecular weight excluding hydrogens is 428 g/mol. The van der Waals surface area contributed by atoms with Gasteiger partial charge in [-0.3, -0.25) is 14.5 Å². The SMILES string of the molecule is CCC(=O)CN1CCC(CN2CCC(NC(=O)c3cc(Cl)c(N)c4c3OCC4)CC2)CC1. The molecule has 0 saturated carbocycles. The monoisotopic (exact) mass is 462 g/mol. The lowest BCUT2D eigenvalue weighted by molar-refractivity contribution is -0.120. The van der Waals surface area contributed by atoms with E-state index < -0.39 is 0 Å². The number of hydrogen-bond donors (Lipinski definition) is 2. The van der Waals surface area contributed by atoms with Crippen LogP contribution in [0.4, 0.5) is 5.69 Å². The maximum Gasteiger partial charge on any atom is 0.255 e. The first-order valence-electron chi connectivity index (χ1n) is 12.0. The van der Waals surface area contributed by atoms with E-state index >= 15 is 0 Å². The van der Waals surface area contributed by atoms with Crippen molar-refractivity contribution in [1.29, 1.82) is 0 Å². The molecule has 0 bridgehead atoms.